The van der Waals surface area contributed by atoms with Crippen molar-refractivity contribution in [1.29, 1.82) is 0 Å². The highest BCUT2D eigenvalue weighted by atomic mass is 16.5. The molecule has 3 amide bonds. The second kappa shape index (κ2) is 10.2. The Kier molecular flexibility index (Phi) is 6.80. The van der Waals surface area contributed by atoms with Gasteiger partial charge in [0, 0.05) is 31.2 Å². The molecule has 190 valence electrons. The van der Waals surface area contributed by atoms with E-state index in [0.29, 0.717) is 37.8 Å². The van der Waals surface area contributed by atoms with Gasteiger partial charge in [-0.25, -0.2) is 9.78 Å². The van der Waals surface area contributed by atoms with Gasteiger partial charge in [-0.1, -0.05) is 18.2 Å². The van der Waals surface area contributed by atoms with E-state index < -0.39 is 18.2 Å². The van der Waals surface area contributed by atoms with Crippen molar-refractivity contribution in [2.24, 2.45) is 5.92 Å². The van der Waals surface area contributed by atoms with Gasteiger partial charge in [-0.05, 0) is 73.1 Å². The number of aromatic nitrogens is 1. The number of piperidine rings is 1. The van der Waals surface area contributed by atoms with Crippen LogP contribution in [-0.4, -0.2) is 65.0 Å². The molecular weight excluding hydrogens is 458 g/mol. The maximum Gasteiger partial charge on any atom is 0.410 e. The number of anilines is 1. The first-order valence-corrected chi connectivity index (χ1v) is 12.7. The molecule has 1 aliphatic carbocycles. The van der Waals surface area contributed by atoms with Crippen LogP contribution in [0.1, 0.15) is 44.1 Å². The van der Waals surface area contributed by atoms with Gasteiger partial charge in [0.2, 0.25) is 5.91 Å². The van der Waals surface area contributed by atoms with E-state index in [0.717, 1.165) is 54.0 Å². The van der Waals surface area contributed by atoms with Gasteiger partial charge in [0.05, 0.1) is 7.11 Å². The zero-order valence-electron chi connectivity index (χ0n) is 20.6. The maximum absolute atomic E-state index is 13.9. The molecule has 36 heavy (non-hydrogen) atoms. The number of amides is 3. The van der Waals surface area contributed by atoms with Crippen molar-refractivity contribution >= 4 is 34.5 Å². The summed E-state index contributed by atoms with van der Waals surface area (Å²) in [5.41, 5.74) is 7.89. The van der Waals surface area contributed by atoms with Crippen molar-refractivity contribution in [3.8, 4) is 0 Å². The molecule has 3 atom stereocenters. The number of carbonyl (C=O) groups excluding carboxylic acids is 3. The minimum atomic E-state index is -0.690. The Hall–Kier alpha value is -3.62. The van der Waals surface area contributed by atoms with E-state index in [1.54, 1.807) is 16.0 Å². The zero-order chi connectivity index (χ0) is 25.2. The van der Waals surface area contributed by atoms with Crippen molar-refractivity contribution in [3.63, 3.8) is 0 Å². The van der Waals surface area contributed by atoms with Crippen molar-refractivity contribution in [1.82, 2.24) is 20.1 Å². The summed E-state index contributed by atoms with van der Waals surface area (Å²) in [5, 5.41) is 4.84. The van der Waals surface area contributed by atoms with Gasteiger partial charge in [-0.3, -0.25) is 14.5 Å². The fraction of sp³-hybridized carbons (Fsp3) is 0.481. The minimum absolute atomic E-state index is 0.176. The minimum Gasteiger partial charge on any atom is -0.453 e. The number of allylic oxidation sites excluding steroid dienone is 1. The van der Waals surface area contributed by atoms with Crippen LogP contribution in [0.4, 0.5) is 10.6 Å². The normalized spacial score (nSPS) is 23.7. The molecule has 2 aliphatic heterocycles. The highest BCUT2D eigenvalue weighted by Crippen LogP contribution is 2.38. The van der Waals surface area contributed by atoms with E-state index in [4.69, 9.17) is 10.5 Å². The molecule has 9 heteroatoms. The fourth-order valence-electron chi connectivity index (χ4n) is 5.93. The second-order valence-electron chi connectivity index (χ2n) is 9.85. The number of likely N-dealkylation sites (tertiary alicyclic amines) is 2. The Morgan fingerprint density at radius 1 is 1.11 bits per heavy atom. The van der Waals surface area contributed by atoms with Gasteiger partial charge >= 0.3 is 6.09 Å². The molecule has 0 saturated carbocycles. The topological polar surface area (TPSA) is 118 Å². The highest BCUT2D eigenvalue weighted by molar-refractivity contribution is 5.94. The summed E-state index contributed by atoms with van der Waals surface area (Å²) in [7, 11) is 1.34. The van der Waals surface area contributed by atoms with Crippen molar-refractivity contribution in [2.75, 3.05) is 25.9 Å². The summed E-state index contributed by atoms with van der Waals surface area (Å²) in [4.78, 5) is 47.0. The van der Waals surface area contributed by atoms with E-state index in [1.807, 2.05) is 24.3 Å². The van der Waals surface area contributed by atoms with Crippen molar-refractivity contribution in [2.45, 2.75) is 57.2 Å². The third-order valence-corrected chi connectivity index (χ3v) is 7.76. The van der Waals surface area contributed by atoms with Gasteiger partial charge in [-0.2, -0.15) is 0 Å². The van der Waals surface area contributed by atoms with Gasteiger partial charge in [-0.15, -0.1) is 0 Å². The maximum atomic E-state index is 13.9. The van der Waals surface area contributed by atoms with E-state index >= 15 is 0 Å². The van der Waals surface area contributed by atoms with Crippen molar-refractivity contribution in [3.05, 3.63) is 47.7 Å². The molecule has 2 fully saturated rings. The fourth-order valence-corrected chi connectivity index (χ4v) is 5.93. The number of hydrogen-bond donors (Lipinski definition) is 2. The Balaban J connectivity index is 1.31. The predicted octanol–water partition coefficient (Wildman–Crippen LogP) is 2.99. The molecule has 1 aromatic heterocycles. The first-order valence-electron chi connectivity index (χ1n) is 12.7. The number of carbonyl (C=O) groups is 3. The molecule has 2 saturated heterocycles. The molecule has 0 radical (unpaired) electrons. The number of nitrogens with one attached hydrogen (secondary N) is 1. The Bertz CT molecular complexity index is 1210. The lowest BCUT2D eigenvalue weighted by Crippen LogP contribution is -2.58. The molecule has 2 unspecified atom stereocenters. The quantitative estimate of drug-likeness (QED) is 0.635. The van der Waals surface area contributed by atoms with Gasteiger partial charge in [0.1, 0.15) is 17.9 Å². The number of rotatable bonds is 4. The van der Waals surface area contributed by atoms with E-state index in [2.05, 4.69) is 16.4 Å². The van der Waals surface area contributed by atoms with Crippen LogP contribution in [0.2, 0.25) is 0 Å². The number of nitrogens with two attached hydrogens (primary N) is 1. The molecule has 0 bridgehead atoms. The Labute approximate surface area is 210 Å². The Morgan fingerprint density at radius 2 is 1.97 bits per heavy atom. The summed E-state index contributed by atoms with van der Waals surface area (Å²) < 4.78 is 5.01. The molecule has 5 rings (SSSR count). The molecule has 3 N–H and O–H groups in total. The number of nitrogens with zero attached hydrogens (tertiary/aromatic N) is 3. The number of ether oxygens (including phenoxy) is 1. The average molecular weight is 492 g/mol. The SMILES string of the molecule is COC(=O)N1CCC2CCCC=C2C1C(=O)N1CCC[C@H]1C(=O)NCc1ccc2c(N)nccc2c1. The van der Waals surface area contributed by atoms with Gasteiger partial charge < -0.3 is 20.7 Å². The number of benzene rings is 1. The van der Waals surface area contributed by atoms with E-state index in [9.17, 15) is 14.4 Å². The molecular formula is C27H33N5O4. The first-order chi connectivity index (χ1) is 17.5. The lowest BCUT2D eigenvalue weighted by molar-refractivity contribution is -0.142. The van der Waals surface area contributed by atoms with E-state index in [-0.39, 0.29) is 11.8 Å². The molecule has 2 aromatic rings. The molecule has 1 aromatic carbocycles. The number of nitrogen functional groups attached to an aromatic ring is 1. The lowest BCUT2D eigenvalue weighted by atomic mass is 9.78. The monoisotopic (exact) mass is 491 g/mol. The molecule has 3 aliphatic rings. The third-order valence-electron chi connectivity index (χ3n) is 7.76. The largest absolute Gasteiger partial charge is 0.453 e. The van der Waals surface area contributed by atoms with Crippen LogP contribution < -0.4 is 11.1 Å². The van der Waals surface area contributed by atoms with E-state index in [1.165, 1.54) is 7.11 Å². The van der Waals surface area contributed by atoms with Gasteiger partial charge in [0.25, 0.3) is 5.91 Å². The predicted molar refractivity (Wildman–Crippen MR) is 136 cm³/mol. The van der Waals surface area contributed by atoms with Crippen LogP contribution in [0.3, 0.4) is 0 Å². The van der Waals surface area contributed by atoms with Crippen LogP contribution in [0.25, 0.3) is 10.8 Å². The second-order valence-corrected chi connectivity index (χ2v) is 9.85. The average Bonchev–Trinajstić information content (AvgIpc) is 3.40. The summed E-state index contributed by atoms with van der Waals surface area (Å²) in [6.07, 6.45) is 8.51. The number of hydrogen-bond acceptors (Lipinski definition) is 6. The third kappa shape index (κ3) is 4.50. The number of fused-ring (bicyclic) bond motifs is 2. The van der Waals surface area contributed by atoms with Crippen molar-refractivity contribution < 1.29 is 19.1 Å². The first kappa shape index (κ1) is 24.1. The van der Waals surface area contributed by atoms with Gasteiger partial charge in [0.15, 0.2) is 0 Å². The summed E-state index contributed by atoms with van der Waals surface area (Å²) >= 11 is 0. The van der Waals surface area contributed by atoms with Crippen LogP contribution in [0, 0.1) is 5.92 Å². The van der Waals surface area contributed by atoms with Crippen LogP contribution in [0.15, 0.2) is 42.1 Å². The summed E-state index contributed by atoms with van der Waals surface area (Å²) in [6.45, 7) is 1.33. The summed E-state index contributed by atoms with van der Waals surface area (Å²) in [5.74, 6) is 0.428. The molecule has 9 nitrogen and oxygen atoms in total. The lowest BCUT2D eigenvalue weighted by Gasteiger charge is -2.43. The van der Waals surface area contributed by atoms with Crippen LogP contribution in [0.5, 0.6) is 0 Å². The van der Waals surface area contributed by atoms with Crippen LogP contribution in [-0.2, 0) is 20.9 Å². The number of pyridine rings is 1. The van der Waals surface area contributed by atoms with Crippen LogP contribution >= 0.6 is 0 Å². The smallest absolute Gasteiger partial charge is 0.410 e. The molecule has 3 heterocycles. The zero-order valence-corrected chi connectivity index (χ0v) is 20.6. The summed E-state index contributed by atoms with van der Waals surface area (Å²) in [6, 6.07) is 6.45. The molecule has 0 spiro atoms. The standard InChI is InChI=1S/C27H33N5O4/c1-36-27(35)32-14-11-18-5-2-3-6-20(18)23(32)26(34)31-13-4-7-22(31)25(33)30-16-17-8-9-21-19(15-17)10-12-29-24(21)28/h6,8-10,12,15,18,22-23H,2-5,7,11,13-14,16H2,1H3,(H2,28,29)(H,30,33)/t18?,22-,23?/m0/s1. The Morgan fingerprint density at radius 3 is 2.81 bits per heavy atom. The number of methoxy groups -OCH3 is 1. The highest BCUT2D eigenvalue weighted by Gasteiger charge is 2.46.